The van der Waals surface area contributed by atoms with Crippen LogP contribution in [0.25, 0.3) is 0 Å². The lowest BCUT2D eigenvalue weighted by Gasteiger charge is -2.61. The maximum absolute atomic E-state index is 12.5. The van der Waals surface area contributed by atoms with E-state index in [4.69, 9.17) is 0 Å². The summed E-state index contributed by atoms with van der Waals surface area (Å²) in [6.45, 7) is 17.1. The van der Waals surface area contributed by atoms with Crippen molar-refractivity contribution in [3.05, 3.63) is 12.2 Å². The summed E-state index contributed by atoms with van der Waals surface area (Å²) in [6.07, 6.45) is 16.9. The van der Waals surface area contributed by atoms with Gasteiger partial charge in [0.2, 0.25) is 0 Å². The number of hydrogen-bond donors (Lipinski definition) is 0. The summed E-state index contributed by atoms with van der Waals surface area (Å²) in [5.41, 5.74) is 0.955. The second kappa shape index (κ2) is 8.64. The predicted octanol–water partition coefficient (Wildman–Crippen LogP) is 8.33. The van der Waals surface area contributed by atoms with Crippen LogP contribution >= 0.6 is 0 Å². The van der Waals surface area contributed by atoms with Gasteiger partial charge < -0.3 is 0 Å². The molecule has 1 heteroatoms. The molecule has 0 N–H and O–H groups in total. The lowest BCUT2D eigenvalue weighted by Crippen LogP contribution is -2.55. The zero-order chi connectivity index (χ0) is 22.6. The van der Waals surface area contributed by atoms with Gasteiger partial charge in [-0.3, -0.25) is 4.79 Å². The first-order chi connectivity index (χ1) is 14.6. The fourth-order valence-electron chi connectivity index (χ4n) is 9.71. The Morgan fingerprint density at radius 3 is 2.26 bits per heavy atom. The largest absolute Gasteiger partial charge is 0.299 e. The molecular formula is C30H50O. The smallest absolute Gasteiger partial charge is 0.136 e. The van der Waals surface area contributed by atoms with Gasteiger partial charge in [-0.1, -0.05) is 60.6 Å². The van der Waals surface area contributed by atoms with E-state index in [1.807, 2.05) is 0 Å². The minimum Gasteiger partial charge on any atom is -0.299 e. The molecule has 176 valence electrons. The molecule has 0 heterocycles. The molecule has 2 unspecified atom stereocenters. The quantitative estimate of drug-likeness (QED) is 0.404. The molecule has 4 fully saturated rings. The van der Waals surface area contributed by atoms with E-state index in [1.165, 1.54) is 51.4 Å². The van der Waals surface area contributed by atoms with E-state index in [9.17, 15) is 4.79 Å². The molecule has 0 bridgehead atoms. The number of allylic oxidation sites excluding steroid dienone is 2. The molecule has 4 aliphatic rings. The number of rotatable bonds is 5. The highest BCUT2D eigenvalue weighted by Gasteiger charge is 2.61. The zero-order valence-electron chi connectivity index (χ0n) is 21.6. The Bertz CT molecular complexity index is 691. The summed E-state index contributed by atoms with van der Waals surface area (Å²) >= 11 is 0. The summed E-state index contributed by atoms with van der Waals surface area (Å²) in [4.78, 5) is 12.5. The van der Waals surface area contributed by atoms with Crippen LogP contribution in [0.3, 0.4) is 0 Å². The molecule has 0 aromatic heterocycles. The van der Waals surface area contributed by atoms with Crippen molar-refractivity contribution in [2.75, 3.05) is 0 Å². The van der Waals surface area contributed by atoms with Gasteiger partial charge in [0.1, 0.15) is 5.78 Å². The average Bonchev–Trinajstić information content (AvgIpc) is 3.08. The van der Waals surface area contributed by atoms with E-state index in [0.717, 1.165) is 41.9 Å². The predicted molar refractivity (Wildman–Crippen MR) is 132 cm³/mol. The number of ketones is 1. The van der Waals surface area contributed by atoms with Gasteiger partial charge in [-0.15, -0.1) is 0 Å². The Morgan fingerprint density at radius 1 is 0.903 bits per heavy atom. The Balaban J connectivity index is 1.51. The van der Waals surface area contributed by atoms with Crippen LogP contribution in [0.5, 0.6) is 0 Å². The molecule has 4 aliphatic carbocycles. The van der Waals surface area contributed by atoms with Crippen LogP contribution in [0.1, 0.15) is 106 Å². The molecule has 0 aliphatic heterocycles. The number of carbonyl (C=O) groups is 1. The van der Waals surface area contributed by atoms with E-state index in [0.29, 0.717) is 34.4 Å². The second-order valence-electron chi connectivity index (χ2n) is 13.1. The van der Waals surface area contributed by atoms with E-state index in [1.54, 1.807) is 0 Å². The third kappa shape index (κ3) is 3.78. The molecule has 4 rings (SSSR count). The van der Waals surface area contributed by atoms with Crippen LogP contribution in [0.4, 0.5) is 0 Å². The summed E-state index contributed by atoms with van der Waals surface area (Å²) in [6, 6.07) is 0. The number of carbonyl (C=O) groups excluding carboxylic acids is 1. The second-order valence-corrected chi connectivity index (χ2v) is 13.1. The van der Waals surface area contributed by atoms with Crippen LogP contribution in [0.15, 0.2) is 12.2 Å². The fourth-order valence-corrected chi connectivity index (χ4v) is 9.71. The molecule has 1 nitrogen and oxygen atoms in total. The Hall–Kier alpha value is -0.590. The van der Waals surface area contributed by atoms with Crippen molar-refractivity contribution in [3.63, 3.8) is 0 Å². The molecule has 0 aromatic carbocycles. The molecule has 4 saturated carbocycles. The normalized spacial score (nSPS) is 47.2. The summed E-state index contributed by atoms with van der Waals surface area (Å²) in [7, 11) is 0. The minimum atomic E-state index is 0.307. The first-order valence-electron chi connectivity index (χ1n) is 13.8. The van der Waals surface area contributed by atoms with Gasteiger partial charge >= 0.3 is 0 Å². The van der Waals surface area contributed by atoms with E-state index in [2.05, 4.69) is 60.6 Å². The van der Waals surface area contributed by atoms with E-state index >= 15 is 0 Å². The molecule has 0 spiro atoms. The summed E-state index contributed by atoms with van der Waals surface area (Å²) in [5, 5.41) is 0. The Labute approximate surface area is 193 Å². The van der Waals surface area contributed by atoms with Gasteiger partial charge in [0, 0.05) is 12.3 Å². The Morgan fingerprint density at radius 2 is 1.58 bits per heavy atom. The lowest BCUT2D eigenvalue weighted by molar-refractivity contribution is -0.150. The van der Waals surface area contributed by atoms with Crippen molar-refractivity contribution < 1.29 is 4.79 Å². The van der Waals surface area contributed by atoms with Gasteiger partial charge in [-0.2, -0.15) is 0 Å². The van der Waals surface area contributed by atoms with Crippen molar-refractivity contribution in [1.29, 1.82) is 0 Å². The van der Waals surface area contributed by atoms with Crippen LogP contribution in [0.2, 0.25) is 0 Å². The van der Waals surface area contributed by atoms with Gasteiger partial charge in [0.05, 0.1) is 0 Å². The van der Waals surface area contributed by atoms with Gasteiger partial charge in [0.15, 0.2) is 0 Å². The van der Waals surface area contributed by atoms with Gasteiger partial charge in [-0.05, 0) is 110 Å². The molecule has 0 amide bonds. The highest BCUT2D eigenvalue weighted by Crippen LogP contribution is 2.68. The maximum Gasteiger partial charge on any atom is 0.136 e. The minimum absolute atomic E-state index is 0.307. The third-order valence-corrected chi connectivity index (χ3v) is 11.7. The lowest BCUT2D eigenvalue weighted by atomic mass is 9.43. The molecule has 0 saturated heterocycles. The van der Waals surface area contributed by atoms with Crippen molar-refractivity contribution in [2.45, 2.75) is 106 Å². The molecule has 0 radical (unpaired) electrons. The highest BCUT2D eigenvalue weighted by molar-refractivity contribution is 5.82. The summed E-state index contributed by atoms with van der Waals surface area (Å²) in [5.74, 6) is 7.26. The van der Waals surface area contributed by atoms with Crippen molar-refractivity contribution in [3.8, 4) is 0 Å². The van der Waals surface area contributed by atoms with Crippen molar-refractivity contribution in [1.82, 2.24) is 0 Å². The van der Waals surface area contributed by atoms with E-state index in [-0.39, 0.29) is 0 Å². The van der Waals surface area contributed by atoms with Crippen LogP contribution in [-0.4, -0.2) is 5.78 Å². The molecule has 0 aromatic rings. The SMILES string of the molecule is CC[C@H](/C=C/[C@@H](C)[C@H]1CC[C@H]2[C@@H]3CCC4C(C)C(=O)CC[C@]4(C)[C@H]3CC[C@]12C)C(C)C. The molecular weight excluding hydrogens is 376 g/mol. The van der Waals surface area contributed by atoms with Crippen LogP contribution in [0, 0.1) is 64.1 Å². The first-order valence-corrected chi connectivity index (χ1v) is 13.8. The Kier molecular flexibility index (Phi) is 6.57. The van der Waals surface area contributed by atoms with Crippen molar-refractivity contribution >= 4 is 5.78 Å². The summed E-state index contributed by atoms with van der Waals surface area (Å²) < 4.78 is 0. The fraction of sp³-hybridized carbons (Fsp3) is 0.900. The van der Waals surface area contributed by atoms with E-state index < -0.39 is 0 Å². The number of Topliss-reactive ketones (excluding diaryl/α,β-unsaturated/α-hetero) is 1. The molecule has 10 atom stereocenters. The van der Waals surface area contributed by atoms with Crippen molar-refractivity contribution in [2.24, 2.45) is 64.1 Å². The van der Waals surface area contributed by atoms with Crippen LogP contribution < -0.4 is 0 Å². The standard InChI is InChI=1S/C30H50O/c1-8-22(19(2)3)10-9-20(4)24-13-14-26-23-11-12-25-21(5)28(31)16-18-30(25,7)27(23)15-17-29(24,26)6/h9-10,19-27H,8,11-18H2,1-7H3/b10-9+/t20-,21?,22-,23+,24-,25?,26+,27+,29-,30+/m1/s1. The first kappa shape index (κ1) is 23.6. The monoisotopic (exact) mass is 426 g/mol. The number of hydrogen-bond acceptors (Lipinski definition) is 1. The molecule has 31 heavy (non-hydrogen) atoms. The highest BCUT2D eigenvalue weighted by atomic mass is 16.1. The topological polar surface area (TPSA) is 17.1 Å². The van der Waals surface area contributed by atoms with Crippen LogP contribution in [-0.2, 0) is 4.79 Å². The maximum atomic E-state index is 12.5. The zero-order valence-corrected chi connectivity index (χ0v) is 21.6. The average molecular weight is 427 g/mol. The van der Waals surface area contributed by atoms with Gasteiger partial charge in [-0.25, -0.2) is 0 Å². The van der Waals surface area contributed by atoms with Gasteiger partial charge in [0.25, 0.3) is 0 Å². The third-order valence-electron chi connectivity index (χ3n) is 11.7. The number of fused-ring (bicyclic) bond motifs is 5.